The second-order valence-corrected chi connectivity index (χ2v) is 6.97. The van der Waals surface area contributed by atoms with E-state index in [-0.39, 0.29) is 0 Å². The molecule has 1 heterocycles. The first-order valence-electron chi connectivity index (χ1n) is 7.88. The summed E-state index contributed by atoms with van der Waals surface area (Å²) in [4.78, 5) is 5.04. The van der Waals surface area contributed by atoms with Gasteiger partial charge < -0.3 is 10.8 Å². The predicted octanol–water partition coefficient (Wildman–Crippen LogP) is 0.892. The molecule has 0 aromatic rings. The number of rotatable bonds is 4. The molecule has 4 nitrogen and oxygen atoms in total. The molecule has 3 N–H and O–H groups in total. The van der Waals surface area contributed by atoms with E-state index < -0.39 is 5.60 Å². The number of β-amino-alcohol motifs (C(OH)–C–C–N with tert-alkyl or cyclic N) is 1. The topological polar surface area (TPSA) is 52.7 Å². The lowest BCUT2D eigenvalue weighted by Crippen LogP contribution is -2.55. The molecule has 0 aromatic carbocycles. The summed E-state index contributed by atoms with van der Waals surface area (Å²) >= 11 is 0. The fourth-order valence-electron chi connectivity index (χ4n) is 3.74. The number of aliphatic hydroxyl groups is 1. The number of hydrogen-bond donors (Lipinski definition) is 2. The van der Waals surface area contributed by atoms with Crippen LogP contribution in [0, 0.1) is 5.92 Å². The van der Waals surface area contributed by atoms with Crippen LogP contribution in [0.1, 0.15) is 39.5 Å². The van der Waals surface area contributed by atoms with E-state index in [0.29, 0.717) is 12.0 Å². The van der Waals surface area contributed by atoms with Crippen LogP contribution in [0.2, 0.25) is 0 Å². The van der Waals surface area contributed by atoms with Gasteiger partial charge in [0.15, 0.2) is 0 Å². The van der Waals surface area contributed by atoms with Crippen molar-refractivity contribution in [1.82, 2.24) is 9.80 Å². The fraction of sp³-hybridized carbons (Fsp3) is 1.00. The number of nitrogens with two attached hydrogens (primary N) is 1. The maximum atomic E-state index is 9.89. The normalized spacial score (nSPS) is 31.6. The average Bonchev–Trinajstić information content (AvgIpc) is 2.38. The first-order chi connectivity index (χ1) is 8.99. The molecule has 4 heteroatoms. The van der Waals surface area contributed by atoms with Crippen LogP contribution in [0.25, 0.3) is 0 Å². The molecule has 2 fully saturated rings. The highest BCUT2D eigenvalue weighted by Crippen LogP contribution is 2.28. The third kappa shape index (κ3) is 4.42. The summed E-state index contributed by atoms with van der Waals surface area (Å²) in [6.07, 6.45) is 5.36. The molecule has 0 radical (unpaired) electrons. The molecule has 0 spiro atoms. The summed E-state index contributed by atoms with van der Waals surface area (Å²) in [5.41, 5.74) is 5.36. The van der Waals surface area contributed by atoms with Gasteiger partial charge in [-0.25, -0.2) is 0 Å². The van der Waals surface area contributed by atoms with Crippen LogP contribution in [0.4, 0.5) is 0 Å². The van der Waals surface area contributed by atoms with Crippen LogP contribution in [-0.4, -0.2) is 65.8 Å². The zero-order valence-electron chi connectivity index (χ0n) is 12.6. The first kappa shape index (κ1) is 15.2. The first-order valence-corrected chi connectivity index (χ1v) is 7.88. The number of hydrogen-bond acceptors (Lipinski definition) is 4. The van der Waals surface area contributed by atoms with Crippen LogP contribution in [-0.2, 0) is 0 Å². The molecule has 0 aromatic heterocycles. The summed E-state index contributed by atoms with van der Waals surface area (Å²) in [7, 11) is 0. The van der Waals surface area contributed by atoms with Crippen molar-refractivity contribution in [1.29, 1.82) is 0 Å². The van der Waals surface area contributed by atoms with E-state index >= 15 is 0 Å². The van der Waals surface area contributed by atoms with E-state index in [1.807, 2.05) is 13.8 Å². The van der Waals surface area contributed by atoms with Gasteiger partial charge in [-0.05, 0) is 39.2 Å². The van der Waals surface area contributed by atoms with E-state index in [1.54, 1.807) is 0 Å². The summed E-state index contributed by atoms with van der Waals surface area (Å²) in [5.74, 6) is 0.703. The average molecular weight is 269 g/mol. The maximum Gasteiger partial charge on any atom is 0.0718 e. The highest BCUT2D eigenvalue weighted by molar-refractivity contribution is 4.87. The molecule has 0 bridgehead atoms. The minimum atomic E-state index is -0.577. The fourth-order valence-corrected chi connectivity index (χ4v) is 3.74. The monoisotopic (exact) mass is 269 g/mol. The molecular weight excluding hydrogens is 238 g/mol. The third-order valence-electron chi connectivity index (χ3n) is 4.66. The summed E-state index contributed by atoms with van der Waals surface area (Å²) in [6, 6.07) is 0.711. The molecule has 1 aliphatic heterocycles. The molecular formula is C15H31N3O. The molecule has 1 saturated heterocycles. The van der Waals surface area contributed by atoms with E-state index in [0.717, 1.165) is 39.3 Å². The van der Waals surface area contributed by atoms with Gasteiger partial charge in [0, 0.05) is 38.8 Å². The van der Waals surface area contributed by atoms with Crippen molar-refractivity contribution < 1.29 is 5.11 Å². The van der Waals surface area contributed by atoms with Gasteiger partial charge in [0.25, 0.3) is 0 Å². The molecule has 0 amide bonds. The minimum Gasteiger partial charge on any atom is -0.389 e. The van der Waals surface area contributed by atoms with Crippen LogP contribution in [0.15, 0.2) is 0 Å². The van der Waals surface area contributed by atoms with Crippen molar-refractivity contribution in [2.45, 2.75) is 51.2 Å². The Kier molecular flexibility index (Phi) is 5.23. The standard InChI is InChI=1S/C15H31N3O/c1-15(2,19)12-17-7-9-18(10-8-17)14-6-4-3-5-13(14)11-16/h13-14,19H,3-12,16H2,1-2H3. The molecule has 2 rings (SSSR count). The van der Waals surface area contributed by atoms with E-state index in [4.69, 9.17) is 5.73 Å². The molecule has 2 aliphatic rings. The lowest BCUT2D eigenvalue weighted by Gasteiger charge is -2.44. The van der Waals surface area contributed by atoms with Gasteiger partial charge in [0.05, 0.1) is 5.60 Å². The molecule has 2 atom stereocenters. The van der Waals surface area contributed by atoms with Crippen molar-refractivity contribution in [2.75, 3.05) is 39.3 Å². The summed E-state index contributed by atoms with van der Waals surface area (Å²) < 4.78 is 0. The van der Waals surface area contributed by atoms with Crippen LogP contribution < -0.4 is 5.73 Å². The lowest BCUT2D eigenvalue weighted by atomic mass is 9.83. The molecule has 1 saturated carbocycles. The Labute approximate surface area is 117 Å². The molecule has 19 heavy (non-hydrogen) atoms. The van der Waals surface area contributed by atoms with Gasteiger partial charge >= 0.3 is 0 Å². The maximum absolute atomic E-state index is 9.89. The molecule has 1 aliphatic carbocycles. The third-order valence-corrected chi connectivity index (χ3v) is 4.66. The zero-order valence-corrected chi connectivity index (χ0v) is 12.6. The Bertz CT molecular complexity index is 269. The molecule has 2 unspecified atom stereocenters. The van der Waals surface area contributed by atoms with Gasteiger partial charge in [-0.1, -0.05) is 12.8 Å². The molecule has 112 valence electrons. The lowest BCUT2D eigenvalue weighted by molar-refractivity contribution is 0.000437. The van der Waals surface area contributed by atoms with Crippen molar-refractivity contribution in [3.63, 3.8) is 0 Å². The quantitative estimate of drug-likeness (QED) is 0.796. The Morgan fingerprint density at radius 3 is 2.32 bits per heavy atom. The van der Waals surface area contributed by atoms with Gasteiger partial charge in [0.2, 0.25) is 0 Å². The smallest absolute Gasteiger partial charge is 0.0718 e. The summed E-state index contributed by atoms with van der Waals surface area (Å²) in [5, 5.41) is 9.89. The Morgan fingerprint density at radius 1 is 1.11 bits per heavy atom. The van der Waals surface area contributed by atoms with Crippen molar-refractivity contribution >= 4 is 0 Å². The SMILES string of the molecule is CC(C)(O)CN1CCN(C2CCCCC2CN)CC1. The second-order valence-electron chi connectivity index (χ2n) is 6.97. The predicted molar refractivity (Wildman–Crippen MR) is 79.1 cm³/mol. The highest BCUT2D eigenvalue weighted by Gasteiger charge is 2.32. The Morgan fingerprint density at radius 2 is 1.74 bits per heavy atom. The van der Waals surface area contributed by atoms with Gasteiger partial charge in [0.1, 0.15) is 0 Å². The number of piperazine rings is 1. The van der Waals surface area contributed by atoms with Crippen LogP contribution in [0.5, 0.6) is 0 Å². The minimum absolute atomic E-state index is 0.577. The second kappa shape index (κ2) is 6.53. The van der Waals surface area contributed by atoms with Crippen molar-refractivity contribution in [3.8, 4) is 0 Å². The highest BCUT2D eigenvalue weighted by atomic mass is 16.3. The Hall–Kier alpha value is -0.160. The van der Waals surface area contributed by atoms with E-state index in [1.165, 1.54) is 25.7 Å². The van der Waals surface area contributed by atoms with Crippen molar-refractivity contribution in [2.24, 2.45) is 11.7 Å². The summed E-state index contributed by atoms with van der Waals surface area (Å²) in [6.45, 7) is 9.85. The number of nitrogens with zero attached hydrogens (tertiary/aromatic N) is 2. The largest absolute Gasteiger partial charge is 0.389 e. The van der Waals surface area contributed by atoms with Gasteiger partial charge in [-0.15, -0.1) is 0 Å². The van der Waals surface area contributed by atoms with Crippen LogP contribution in [0.3, 0.4) is 0 Å². The van der Waals surface area contributed by atoms with Gasteiger partial charge in [-0.3, -0.25) is 9.80 Å². The van der Waals surface area contributed by atoms with E-state index in [9.17, 15) is 5.11 Å². The van der Waals surface area contributed by atoms with E-state index in [2.05, 4.69) is 9.80 Å². The van der Waals surface area contributed by atoms with Crippen LogP contribution >= 0.6 is 0 Å². The van der Waals surface area contributed by atoms with Crippen molar-refractivity contribution in [3.05, 3.63) is 0 Å². The van der Waals surface area contributed by atoms with Gasteiger partial charge in [-0.2, -0.15) is 0 Å². The zero-order chi connectivity index (χ0) is 13.9. The Balaban J connectivity index is 1.82.